The van der Waals surface area contributed by atoms with Crippen molar-refractivity contribution in [3.63, 3.8) is 0 Å². The van der Waals surface area contributed by atoms with Crippen molar-refractivity contribution >= 4 is 39.9 Å². The van der Waals surface area contributed by atoms with E-state index in [0.29, 0.717) is 5.56 Å². The molecule has 0 aliphatic carbocycles. The van der Waals surface area contributed by atoms with E-state index in [1.54, 1.807) is 6.92 Å². The molecule has 0 fully saturated rings. The number of hydrogen-bond donors (Lipinski definition) is 1. The van der Waals surface area contributed by atoms with Crippen LogP contribution < -0.4 is 5.32 Å². The highest BCUT2D eigenvalue weighted by atomic mass is 32.1. The van der Waals surface area contributed by atoms with Gasteiger partial charge in [-0.05, 0) is 12.5 Å². The number of thiophene rings is 1. The zero-order valence-electron chi connectivity index (χ0n) is 14.7. The largest absolute Gasteiger partial charge is 0.465 e. The lowest BCUT2D eigenvalue weighted by molar-refractivity contribution is -0.385. The number of nitrogens with one attached hydrogen (secondary N) is 1. The number of rotatable bonds is 7. The third-order valence-corrected chi connectivity index (χ3v) is 4.75. The Morgan fingerprint density at radius 1 is 1.30 bits per heavy atom. The first-order valence-corrected chi connectivity index (χ1v) is 8.36. The van der Waals surface area contributed by atoms with Gasteiger partial charge in [0.1, 0.15) is 22.3 Å². The molecule has 0 unspecified atom stereocenters. The Morgan fingerprint density at radius 3 is 2.52 bits per heavy atom. The maximum absolute atomic E-state index is 12.2. The van der Waals surface area contributed by atoms with E-state index in [4.69, 9.17) is 4.74 Å². The van der Waals surface area contributed by atoms with Crippen LogP contribution in [0, 0.1) is 17.0 Å². The number of esters is 2. The third kappa shape index (κ3) is 4.47. The number of nitrogens with zero attached hydrogens (tertiary/aromatic N) is 3. The molecule has 27 heavy (non-hydrogen) atoms. The van der Waals surface area contributed by atoms with Gasteiger partial charge in [-0.3, -0.25) is 19.6 Å². The molecule has 0 radical (unpaired) electrons. The zero-order chi connectivity index (χ0) is 20.1. The van der Waals surface area contributed by atoms with E-state index >= 15 is 0 Å². The topological polar surface area (TPSA) is 143 Å². The van der Waals surface area contributed by atoms with Gasteiger partial charge in [0.2, 0.25) is 5.91 Å². The van der Waals surface area contributed by atoms with E-state index in [-0.39, 0.29) is 34.1 Å². The van der Waals surface area contributed by atoms with Gasteiger partial charge in [-0.2, -0.15) is 5.10 Å². The van der Waals surface area contributed by atoms with Crippen LogP contribution in [0.2, 0.25) is 0 Å². The predicted octanol–water partition coefficient (Wildman–Crippen LogP) is 1.76. The molecular formula is C15H16N4O7S. The van der Waals surface area contributed by atoms with Gasteiger partial charge in [0.15, 0.2) is 0 Å². The van der Waals surface area contributed by atoms with Gasteiger partial charge in [0, 0.05) is 13.0 Å². The highest BCUT2D eigenvalue weighted by Gasteiger charge is 2.26. The summed E-state index contributed by atoms with van der Waals surface area (Å²) in [6.07, 6.45) is 2.24. The summed E-state index contributed by atoms with van der Waals surface area (Å²) in [7, 11) is 2.40. The molecule has 12 heteroatoms. The van der Waals surface area contributed by atoms with Crippen molar-refractivity contribution in [3.05, 3.63) is 38.5 Å². The van der Waals surface area contributed by atoms with Crippen molar-refractivity contribution in [2.24, 2.45) is 0 Å². The Bertz CT molecular complexity index is 902. The fourth-order valence-electron chi connectivity index (χ4n) is 2.21. The molecule has 0 aliphatic heterocycles. The van der Waals surface area contributed by atoms with Crippen LogP contribution in [0.25, 0.3) is 0 Å². The second kappa shape index (κ2) is 8.40. The Balaban J connectivity index is 2.14. The van der Waals surface area contributed by atoms with Crippen LogP contribution in [-0.4, -0.2) is 46.8 Å². The SMILES string of the molecule is COC(=O)c1sc(NC(=O)CCn2cc([N+](=O)[O-])cn2)c(C(=O)OC)c1C. The first-order valence-electron chi connectivity index (χ1n) is 7.55. The summed E-state index contributed by atoms with van der Waals surface area (Å²) < 4.78 is 10.6. The summed E-state index contributed by atoms with van der Waals surface area (Å²) in [5.41, 5.74) is 0.239. The fraction of sp³-hybridized carbons (Fsp3) is 0.333. The first kappa shape index (κ1) is 20.0. The Hall–Kier alpha value is -3.28. The molecule has 0 aromatic carbocycles. The van der Waals surface area contributed by atoms with Crippen LogP contribution >= 0.6 is 11.3 Å². The zero-order valence-corrected chi connectivity index (χ0v) is 15.5. The lowest BCUT2D eigenvalue weighted by Crippen LogP contribution is -2.16. The van der Waals surface area contributed by atoms with Crippen molar-refractivity contribution in [2.75, 3.05) is 19.5 Å². The van der Waals surface area contributed by atoms with Crippen molar-refractivity contribution in [1.29, 1.82) is 0 Å². The molecule has 0 aliphatic rings. The van der Waals surface area contributed by atoms with Gasteiger partial charge in [-0.25, -0.2) is 9.59 Å². The molecule has 2 heterocycles. The molecule has 0 spiro atoms. The van der Waals surface area contributed by atoms with E-state index in [2.05, 4.69) is 15.2 Å². The van der Waals surface area contributed by atoms with Crippen LogP contribution in [0.5, 0.6) is 0 Å². The van der Waals surface area contributed by atoms with Crippen LogP contribution in [0.15, 0.2) is 12.4 Å². The highest BCUT2D eigenvalue weighted by Crippen LogP contribution is 2.34. The van der Waals surface area contributed by atoms with Gasteiger partial charge in [0.25, 0.3) is 0 Å². The second-order valence-electron chi connectivity index (χ2n) is 5.26. The number of methoxy groups -OCH3 is 2. The molecule has 2 aromatic rings. The lowest BCUT2D eigenvalue weighted by atomic mass is 10.1. The maximum Gasteiger partial charge on any atom is 0.348 e. The van der Waals surface area contributed by atoms with Crippen molar-refractivity contribution in [1.82, 2.24) is 9.78 Å². The average Bonchev–Trinajstić information content (AvgIpc) is 3.24. The second-order valence-corrected chi connectivity index (χ2v) is 6.28. The van der Waals surface area contributed by atoms with Crippen LogP contribution in [0.1, 0.15) is 32.0 Å². The number of aryl methyl sites for hydroxylation is 1. The van der Waals surface area contributed by atoms with Crippen molar-refractivity contribution in [2.45, 2.75) is 19.9 Å². The minimum atomic E-state index is -0.697. The number of anilines is 1. The number of carbonyl (C=O) groups excluding carboxylic acids is 3. The number of hydrogen-bond acceptors (Lipinski definition) is 9. The Kier molecular flexibility index (Phi) is 6.23. The fourth-order valence-corrected chi connectivity index (χ4v) is 3.34. The van der Waals surface area contributed by atoms with Gasteiger partial charge in [0.05, 0.1) is 24.7 Å². The molecule has 0 atom stereocenters. The van der Waals surface area contributed by atoms with Gasteiger partial charge < -0.3 is 14.8 Å². The summed E-state index contributed by atoms with van der Waals surface area (Å²) in [5, 5.41) is 17.1. The number of carbonyl (C=O) groups is 3. The standard InChI is InChI=1S/C15H16N4O7S/c1-8-11(14(21)25-2)13(27-12(8)15(22)26-3)17-10(20)4-5-18-7-9(6-16-18)19(23)24/h6-7H,4-5H2,1-3H3,(H,17,20). The number of nitro groups is 1. The molecule has 1 N–H and O–H groups in total. The van der Waals surface area contributed by atoms with Crippen molar-refractivity contribution < 1.29 is 28.8 Å². The highest BCUT2D eigenvalue weighted by molar-refractivity contribution is 7.18. The van der Waals surface area contributed by atoms with Crippen LogP contribution in [0.3, 0.4) is 0 Å². The molecule has 11 nitrogen and oxygen atoms in total. The van der Waals surface area contributed by atoms with Crippen LogP contribution in [-0.2, 0) is 20.8 Å². The van der Waals surface area contributed by atoms with E-state index in [1.165, 1.54) is 25.1 Å². The molecule has 2 aromatic heterocycles. The number of amides is 1. The van der Waals surface area contributed by atoms with Crippen molar-refractivity contribution in [3.8, 4) is 0 Å². The minimum Gasteiger partial charge on any atom is -0.465 e. The molecule has 1 amide bonds. The summed E-state index contributed by atoms with van der Waals surface area (Å²) in [6.45, 7) is 1.65. The van der Waals surface area contributed by atoms with Crippen LogP contribution in [0.4, 0.5) is 10.7 Å². The Morgan fingerprint density at radius 2 is 1.96 bits per heavy atom. The van der Waals surface area contributed by atoms with E-state index in [9.17, 15) is 24.5 Å². The summed E-state index contributed by atoms with van der Waals surface area (Å²) in [4.78, 5) is 46.3. The number of aromatic nitrogens is 2. The first-order chi connectivity index (χ1) is 12.8. The number of ether oxygens (including phenoxy) is 2. The summed E-state index contributed by atoms with van der Waals surface area (Å²) >= 11 is 0.901. The third-order valence-electron chi connectivity index (χ3n) is 3.56. The normalized spacial score (nSPS) is 10.3. The molecule has 0 saturated carbocycles. The summed E-state index contributed by atoms with van der Waals surface area (Å²) in [6, 6.07) is 0. The van der Waals surface area contributed by atoms with Gasteiger partial charge in [-0.15, -0.1) is 11.3 Å². The van der Waals surface area contributed by atoms with E-state index in [1.807, 2.05) is 0 Å². The quantitative estimate of drug-likeness (QED) is 0.424. The maximum atomic E-state index is 12.2. The van der Waals surface area contributed by atoms with E-state index < -0.39 is 22.8 Å². The molecule has 144 valence electrons. The average molecular weight is 396 g/mol. The Labute approximate surface area is 157 Å². The lowest BCUT2D eigenvalue weighted by Gasteiger charge is -2.06. The molecular weight excluding hydrogens is 380 g/mol. The minimum absolute atomic E-state index is 0.0516. The van der Waals surface area contributed by atoms with E-state index in [0.717, 1.165) is 17.5 Å². The smallest absolute Gasteiger partial charge is 0.348 e. The molecule has 0 bridgehead atoms. The predicted molar refractivity (Wildman–Crippen MR) is 93.9 cm³/mol. The summed E-state index contributed by atoms with van der Waals surface area (Å²) in [5.74, 6) is -1.79. The van der Waals surface area contributed by atoms with Gasteiger partial charge >= 0.3 is 17.6 Å². The molecule has 2 rings (SSSR count). The molecule has 0 saturated heterocycles. The monoisotopic (exact) mass is 396 g/mol. The van der Waals surface area contributed by atoms with Gasteiger partial charge in [-0.1, -0.05) is 0 Å².